The number of aryl methyl sites for hydroxylation is 2. The molecule has 1 aromatic carbocycles. The summed E-state index contributed by atoms with van der Waals surface area (Å²) < 4.78 is 0. The average molecular weight is 314 g/mol. The van der Waals surface area contributed by atoms with Crippen molar-refractivity contribution in [3.8, 4) is 0 Å². The molecule has 1 aliphatic heterocycles. The van der Waals surface area contributed by atoms with E-state index in [9.17, 15) is 9.59 Å². The number of carbonyl (C=O) groups excluding carboxylic acids is 2. The molecule has 0 unspecified atom stereocenters. The minimum atomic E-state index is -0.217. The van der Waals surface area contributed by atoms with Crippen LogP contribution in [0.15, 0.2) is 18.2 Å². The molecule has 2 amide bonds. The molecule has 1 aromatic rings. The quantitative estimate of drug-likeness (QED) is 0.932. The molecule has 1 atom stereocenters. The van der Waals surface area contributed by atoms with Gasteiger partial charge in [-0.3, -0.25) is 9.59 Å². The van der Waals surface area contributed by atoms with Crippen LogP contribution >= 0.6 is 0 Å². The summed E-state index contributed by atoms with van der Waals surface area (Å²) in [5, 5.41) is 3.16. The van der Waals surface area contributed by atoms with E-state index in [1.807, 2.05) is 26.0 Å². The Balaban J connectivity index is 1.65. The Bertz CT molecular complexity index is 585. The Morgan fingerprint density at radius 2 is 1.74 bits per heavy atom. The topological polar surface area (TPSA) is 49.4 Å². The summed E-state index contributed by atoms with van der Waals surface area (Å²) in [7, 11) is 0. The molecule has 0 radical (unpaired) electrons. The third kappa shape index (κ3) is 3.74. The summed E-state index contributed by atoms with van der Waals surface area (Å²) in [6, 6.07) is 6.44. The number of rotatable bonds is 3. The molecule has 124 valence electrons. The highest BCUT2D eigenvalue weighted by Gasteiger charge is 2.36. The first-order valence-corrected chi connectivity index (χ1v) is 8.72. The van der Waals surface area contributed by atoms with E-state index in [4.69, 9.17) is 0 Å². The van der Waals surface area contributed by atoms with Crippen molar-refractivity contribution >= 4 is 17.5 Å². The molecule has 0 aromatic heterocycles. The highest BCUT2D eigenvalue weighted by atomic mass is 16.2. The van der Waals surface area contributed by atoms with Crippen molar-refractivity contribution in [1.82, 2.24) is 5.32 Å². The molecule has 2 fully saturated rings. The molecular weight excluding hydrogens is 288 g/mol. The molecule has 3 rings (SSSR count). The van der Waals surface area contributed by atoms with Crippen LogP contribution < -0.4 is 10.2 Å². The van der Waals surface area contributed by atoms with Gasteiger partial charge < -0.3 is 10.2 Å². The molecule has 2 aliphatic rings. The van der Waals surface area contributed by atoms with E-state index in [0.717, 1.165) is 29.7 Å². The highest BCUT2D eigenvalue weighted by molar-refractivity contribution is 6.00. The number of nitrogens with zero attached hydrogens (tertiary/aromatic N) is 1. The van der Waals surface area contributed by atoms with Gasteiger partial charge in [0.2, 0.25) is 11.8 Å². The maximum atomic E-state index is 12.5. The minimum absolute atomic E-state index is 0.0529. The Labute approximate surface area is 138 Å². The molecule has 23 heavy (non-hydrogen) atoms. The van der Waals surface area contributed by atoms with Crippen molar-refractivity contribution < 1.29 is 9.59 Å². The Morgan fingerprint density at radius 3 is 2.39 bits per heavy atom. The van der Waals surface area contributed by atoms with Crippen LogP contribution in [-0.2, 0) is 9.59 Å². The number of nitrogens with one attached hydrogen (secondary N) is 1. The summed E-state index contributed by atoms with van der Waals surface area (Å²) in [6.07, 6.45) is 6.15. The predicted molar refractivity (Wildman–Crippen MR) is 91.4 cm³/mol. The average Bonchev–Trinajstić information content (AvgIpc) is 2.89. The zero-order valence-corrected chi connectivity index (χ0v) is 14.1. The number of anilines is 1. The fraction of sp³-hybridized carbons (Fsp3) is 0.579. The van der Waals surface area contributed by atoms with Crippen LogP contribution in [0, 0.1) is 19.8 Å². The molecule has 1 heterocycles. The first-order valence-electron chi connectivity index (χ1n) is 8.72. The summed E-state index contributed by atoms with van der Waals surface area (Å²) >= 11 is 0. The van der Waals surface area contributed by atoms with Crippen LogP contribution in [0.5, 0.6) is 0 Å². The van der Waals surface area contributed by atoms with Crippen molar-refractivity contribution in [2.45, 2.75) is 58.4 Å². The summed E-state index contributed by atoms with van der Waals surface area (Å²) in [5.74, 6) is -0.110. The fourth-order valence-corrected chi connectivity index (χ4v) is 3.81. The largest absolute Gasteiger partial charge is 0.353 e. The van der Waals surface area contributed by atoms with Gasteiger partial charge in [0.15, 0.2) is 0 Å². The van der Waals surface area contributed by atoms with Gasteiger partial charge >= 0.3 is 0 Å². The molecule has 0 spiro atoms. The van der Waals surface area contributed by atoms with Gasteiger partial charge in [0.25, 0.3) is 0 Å². The predicted octanol–water partition coefficient (Wildman–Crippen LogP) is 3.11. The van der Waals surface area contributed by atoms with E-state index in [-0.39, 0.29) is 17.7 Å². The van der Waals surface area contributed by atoms with E-state index in [1.165, 1.54) is 19.3 Å². The first-order chi connectivity index (χ1) is 11.0. The number of benzene rings is 1. The van der Waals surface area contributed by atoms with Crippen LogP contribution in [0.1, 0.15) is 49.7 Å². The summed E-state index contributed by atoms with van der Waals surface area (Å²) in [4.78, 5) is 26.6. The van der Waals surface area contributed by atoms with Crippen molar-refractivity contribution in [3.05, 3.63) is 29.3 Å². The second-order valence-electron chi connectivity index (χ2n) is 7.09. The van der Waals surface area contributed by atoms with Crippen molar-refractivity contribution in [2.75, 3.05) is 11.4 Å². The lowest BCUT2D eigenvalue weighted by Crippen LogP contribution is -2.40. The maximum absolute atomic E-state index is 12.5. The van der Waals surface area contributed by atoms with Crippen molar-refractivity contribution in [1.29, 1.82) is 0 Å². The van der Waals surface area contributed by atoms with Crippen LogP contribution in [0.25, 0.3) is 0 Å². The Kier molecular flexibility index (Phi) is 4.69. The third-order valence-electron chi connectivity index (χ3n) is 4.97. The van der Waals surface area contributed by atoms with E-state index >= 15 is 0 Å². The minimum Gasteiger partial charge on any atom is -0.353 e. The van der Waals surface area contributed by atoms with Gasteiger partial charge in [0.05, 0.1) is 5.92 Å². The van der Waals surface area contributed by atoms with Gasteiger partial charge in [0, 0.05) is 24.7 Å². The summed E-state index contributed by atoms with van der Waals surface area (Å²) in [6.45, 7) is 4.56. The lowest BCUT2D eigenvalue weighted by atomic mass is 9.95. The van der Waals surface area contributed by atoms with Gasteiger partial charge in [-0.1, -0.05) is 25.3 Å². The van der Waals surface area contributed by atoms with E-state index in [0.29, 0.717) is 19.0 Å². The van der Waals surface area contributed by atoms with E-state index < -0.39 is 0 Å². The number of carbonyl (C=O) groups is 2. The van der Waals surface area contributed by atoms with Crippen LogP contribution in [0.4, 0.5) is 5.69 Å². The smallest absolute Gasteiger partial charge is 0.227 e. The molecule has 1 N–H and O–H groups in total. The Hall–Kier alpha value is -1.84. The fourth-order valence-electron chi connectivity index (χ4n) is 3.81. The van der Waals surface area contributed by atoms with Gasteiger partial charge in [-0.05, 0) is 49.9 Å². The number of hydrogen-bond donors (Lipinski definition) is 1. The number of amides is 2. The Morgan fingerprint density at radius 1 is 1.09 bits per heavy atom. The molecule has 4 nitrogen and oxygen atoms in total. The molecule has 0 bridgehead atoms. The molecule has 4 heteroatoms. The van der Waals surface area contributed by atoms with Gasteiger partial charge in [-0.25, -0.2) is 0 Å². The SMILES string of the molecule is Cc1cc(C)cc(N2C[C@@H](C(=O)NC3CCCCC3)CC2=O)c1. The summed E-state index contributed by atoms with van der Waals surface area (Å²) in [5.41, 5.74) is 3.20. The molecule has 1 aliphatic carbocycles. The normalized spacial score (nSPS) is 22.4. The van der Waals surface area contributed by atoms with Gasteiger partial charge in [0.1, 0.15) is 0 Å². The molecular formula is C19H26N2O2. The monoisotopic (exact) mass is 314 g/mol. The third-order valence-corrected chi connectivity index (χ3v) is 4.97. The lowest BCUT2D eigenvalue weighted by Gasteiger charge is -2.24. The second-order valence-corrected chi connectivity index (χ2v) is 7.09. The molecule has 1 saturated heterocycles. The van der Waals surface area contributed by atoms with Crippen LogP contribution in [0.3, 0.4) is 0 Å². The second kappa shape index (κ2) is 6.73. The molecule has 1 saturated carbocycles. The van der Waals surface area contributed by atoms with Gasteiger partial charge in [-0.2, -0.15) is 0 Å². The van der Waals surface area contributed by atoms with Crippen molar-refractivity contribution in [3.63, 3.8) is 0 Å². The lowest BCUT2D eigenvalue weighted by molar-refractivity contribution is -0.127. The first kappa shape index (κ1) is 16.0. The highest BCUT2D eigenvalue weighted by Crippen LogP contribution is 2.27. The van der Waals surface area contributed by atoms with Gasteiger partial charge in [-0.15, -0.1) is 0 Å². The van der Waals surface area contributed by atoms with Crippen LogP contribution in [-0.4, -0.2) is 24.4 Å². The zero-order valence-electron chi connectivity index (χ0n) is 14.1. The van der Waals surface area contributed by atoms with E-state index in [1.54, 1.807) is 4.90 Å². The number of hydrogen-bond acceptors (Lipinski definition) is 2. The van der Waals surface area contributed by atoms with Crippen molar-refractivity contribution in [2.24, 2.45) is 5.92 Å². The standard InChI is InChI=1S/C19H26N2O2/c1-13-8-14(2)10-17(9-13)21-12-15(11-18(21)22)19(23)20-16-6-4-3-5-7-16/h8-10,15-16H,3-7,11-12H2,1-2H3,(H,20,23)/t15-/m0/s1. The van der Waals surface area contributed by atoms with Crippen LogP contribution in [0.2, 0.25) is 0 Å². The maximum Gasteiger partial charge on any atom is 0.227 e. The van der Waals surface area contributed by atoms with E-state index in [2.05, 4.69) is 11.4 Å². The zero-order chi connectivity index (χ0) is 16.4.